The first kappa shape index (κ1) is 15.4. The lowest BCUT2D eigenvalue weighted by atomic mass is 9.67. The highest BCUT2D eigenvalue weighted by molar-refractivity contribution is 5.28. The molecule has 1 aliphatic carbocycles. The van der Waals surface area contributed by atoms with Crippen LogP contribution in [0.2, 0.25) is 0 Å². The van der Waals surface area contributed by atoms with E-state index in [0.717, 1.165) is 24.0 Å². The molecule has 0 aliphatic heterocycles. The minimum absolute atomic E-state index is 0.108. The first-order valence-corrected chi connectivity index (χ1v) is 7.84. The van der Waals surface area contributed by atoms with Gasteiger partial charge < -0.3 is 10.5 Å². The number of ether oxygens (including phenoxy) is 1. The molecule has 1 aromatic rings. The van der Waals surface area contributed by atoms with Gasteiger partial charge in [0, 0.05) is 5.54 Å². The Kier molecular flexibility index (Phi) is 4.74. The van der Waals surface area contributed by atoms with Gasteiger partial charge in [-0.2, -0.15) is 0 Å². The van der Waals surface area contributed by atoms with E-state index >= 15 is 0 Å². The average Bonchev–Trinajstić information content (AvgIpc) is 2.42. The Morgan fingerprint density at radius 3 is 2.35 bits per heavy atom. The van der Waals surface area contributed by atoms with Gasteiger partial charge in [0.05, 0.1) is 7.11 Å². The van der Waals surface area contributed by atoms with Crippen LogP contribution >= 0.6 is 0 Å². The summed E-state index contributed by atoms with van der Waals surface area (Å²) >= 11 is 0. The fourth-order valence-electron chi connectivity index (χ4n) is 3.47. The predicted octanol–water partition coefficient (Wildman–Crippen LogP) is 4.03. The molecule has 2 heteroatoms. The van der Waals surface area contributed by atoms with Crippen molar-refractivity contribution in [3.05, 3.63) is 29.8 Å². The van der Waals surface area contributed by atoms with Gasteiger partial charge >= 0.3 is 0 Å². The van der Waals surface area contributed by atoms with Crippen molar-refractivity contribution < 1.29 is 4.74 Å². The van der Waals surface area contributed by atoms with Crippen LogP contribution in [0, 0.1) is 17.8 Å². The van der Waals surface area contributed by atoms with E-state index in [9.17, 15) is 0 Å². The summed E-state index contributed by atoms with van der Waals surface area (Å²) in [5.41, 5.74) is 7.87. The number of nitrogens with two attached hydrogens (primary N) is 1. The van der Waals surface area contributed by atoms with E-state index in [1.54, 1.807) is 7.11 Å². The van der Waals surface area contributed by atoms with Crippen molar-refractivity contribution in [3.63, 3.8) is 0 Å². The zero-order valence-corrected chi connectivity index (χ0v) is 13.4. The highest BCUT2D eigenvalue weighted by Crippen LogP contribution is 2.39. The molecule has 0 spiro atoms. The smallest absolute Gasteiger partial charge is 0.118 e. The monoisotopic (exact) mass is 275 g/mol. The fraction of sp³-hybridized carbons (Fsp3) is 0.667. The summed E-state index contributed by atoms with van der Waals surface area (Å²) in [6.07, 6.45) is 4.81. The molecular formula is C18H29NO. The summed E-state index contributed by atoms with van der Waals surface area (Å²) in [6.45, 7) is 6.98. The van der Waals surface area contributed by atoms with E-state index in [2.05, 4.69) is 32.9 Å². The standard InChI is InChI=1S/C18H29NO/c1-13-5-8-16(11-14(13)2)18(3,19)12-15-6-9-17(20-4)10-7-15/h6-7,9-10,13-14,16H,5,8,11-12,19H2,1-4H3. The van der Waals surface area contributed by atoms with Gasteiger partial charge in [-0.3, -0.25) is 0 Å². The van der Waals surface area contributed by atoms with Gasteiger partial charge in [-0.1, -0.05) is 32.4 Å². The normalized spacial score (nSPS) is 29.8. The molecule has 4 unspecified atom stereocenters. The zero-order chi connectivity index (χ0) is 14.8. The van der Waals surface area contributed by atoms with Crippen molar-refractivity contribution in [2.24, 2.45) is 23.5 Å². The molecule has 1 fully saturated rings. The Morgan fingerprint density at radius 1 is 1.15 bits per heavy atom. The SMILES string of the molecule is COc1ccc(CC(C)(N)C2CCC(C)C(C)C2)cc1. The van der Waals surface area contributed by atoms with Gasteiger partial charge in [0.1, 0.15) is 5.75 Å². The van der Waals surface area contributed by atoms with Gasteiger partial charge in [0.15, 0.2) is 0 Å². The van der Waals surface area contributed by atoms with Crippen molar-refractivity contribution in [3.8, 4) is 5.75 Å². The molecule has 2 N–H and O–H groups in total. The van der Waals surface area contributed by atoms with E-state index < -0.39 is 0 Å². The number of hydrogen-bond acceptors (Lipinski definition) is 2. The van der Waals surface area contributed by atoms with E-state index in [-0.39, 0.29) is 5.54 Å². The third kappa shape index (κ3) is 3.54. The third-order valence-corrected chi connectivity index (χ3v) is 5.27. The van der Waals surface area contributed by atoms with E-state index in [1.807, 2.05) is 12.1 Å². The molecular weight excluding hydrogens is 246 g/mol. The largest absolute Gasteiger partial charge is 0.497 e. The topological polar surface area (TPSA) is 35.2 Å². The minimum Gasteiger partial charge on any atom is -0.497 e. The van der Waals surface area contributed by atoms with Crippen LogP contribution in [0.3, 0.4) is 0 Å². The Morgan fingerprint density at radius 2 is 1.80 bits per heavy atom. The second kappa shape index (κ2) is 6.17. The molecule has 0 heterocycles. The first-order valence-electron chi connectivity index (χ1n) is 7.84. The quantitative estimate of drug-likeness (QED) is 0.900. The van der Waals surface area contributed by atoms with E-state index in [1.165, 1.54) is 24.8 Å². The molecule has 0 aromatic heterocycles. The van der Waals surface area contributed by atoms with Crippen LogP contribution in [0.5, 0.6) is 5.75 Å². The summed E-state index contributed by atoms with van der Waals surface area (Å²) in [6, 6.07) is 8.33. The second-order valence-corrected chi connectivity index (χ2v) is 7.00. The molecule has 112 valence electrons. The van der Waals surface area contributed by atoms with Gasteiger partial charge in [0.2, 0.25) is 0 Å². The third-order valence-electron chi connectivity index (χ3n) is 5.27. The molecule has 0 radical (unpaired) electrons. The molecule has 2 nitrogen and oxygen atoms in total. The van der Waals surface area contributed by atoms with Crippen LogP contribution in [0.1, 0.15) is 45.6 Å². The lowest BCUT2D eigenvalue weighted by molar-refractivity contribution is 0.142. The Balaban J connectivity index is 2.02. The molecule has 0 amide bonds. The number of methoxy groups -OCH3 is 1. The summed E-state index contributed by atoms with van der Waals surface area (Å²) in [5, 5.41) is 0. The van der Waals surface area contributed by atoms with Crippen molar-refractivity contribution in [2.45, 2.75) is 52.0 Å². The molecule has 1 saturated carbocycles. The van der Waals surface area contributed by atoms with Crippen molar-refractivity contribution in [1.82, 2.24) is 0 Å². The highest BCUT2D eigenvalue weighted by atomic mass is 16.5. The zero-order valence-electron chi connectivity index (χ0n) is 13.4. The maximum Gasteiger partial charge on any atom is 0.118 e. The maximum atomic E-state index is 6.67. The lowest BCUT2D eigenvalue weighted by Gasteiger charge is -2.41. The first-order chi connectivity index (χ1) is 9.42. The average molecular weight is 275 g/mol. The number of hydrogen-bond donors (Lipinski definition) is 1. The van der Waals surface area contributed by atoms with Gasteiger partial charge in [-0.25, -0.2) is 0 Å². The van der Waals surface area contributed by atoms with Crippen molar-refractivity contribution in [2.75, 3.05) is 7.11 Å². The molecule has 1 aromatic carbocycles. The van der Waals surface area contributed by atoms with Crippen LogP contribution in [0.25, 0.3) is 0 Å². The van der Waals surface area contributed by atoms with Crippen LogP contribution in [0.15, 0.2) is 24.3 Å². The van der Waals surface area contributed by atoms with Crippen LogP contribution in [-0.4, -0.2) is 12.6 Å². The predicted molar refractivity (Wildman–Crippen MR) is 85.0 cm³/mol. The fourth-order valence-corrected chi connectivity index (χ4v) is 3.47. The summed E-state index contributed by atoms with van der Waals surface area (Å²) < 4.78 is 5.21. The Hall–Kier alpha value is -1.02. The molecule has 20 heavy (non-hydrogen) atoms. The Labute approximate surface area is 123 Å². The van der Waals surface area contributed by atoms with Crippen LogP contribution in [-0.2, 0) is 6.42 Å². The molecule has 4 atom stereocenters. The number of rotatable bonds is 4. The van der Waals surface area contributed by atoms with Crippen LogP contribution in [0.4, 0.5) is 0 Å². The summed E-state index contributed by atoms with van der Waals surface area (Å²) in [5.74, 6) is 3.19. The van der Waals surface area contributed by atoms with Gasteiger partial charge in [-0.15, -0.1) is 0 Å². The van der Waals surface area contributed by atoms with E-state index in [0.29, 0.717) is 5.92 Å². The lowest BCUT2D eigenvalue weighted by Crippen LogP contribution is -2.48. The van der Waals surface area contributed by atoms with Crippen molar-refractivity contribution in [1.29, 1.82) is 0 Å². The van der Waals surface area contributed by atoms with Crippen LogP contribution < -0.4 is 10.5 Å². The molecule has 1 aliphatic rings. The Bertz CT molecular complexity index is 424. The summed E-state index contributed by atoms with van der Waals surface area (Å²) in [4.78, 5) is 0. The maximum absolute atomic E-state index is 6.67. The molecule has 0 saturated heterocycles. The summed E-state index contributed by atoms with van der Waals surface area (Å²) in [7, 11) is 1.70. The van der Waals surface area contributed by atoms with E-state index in [4.69, 9.17) is 10.5 Å². The minimum atomic E-state index is -0.108. The highest BCUT2D eigenvalue weighted by Gasteiger charge is 2.35. The van der Waals surface area contributed by atoms with Gasteiger partial charge in [0.25, 0.3) is 0 Å². The van der Waals surface area contributed by atoms with Gasteiger partial charge in [-0.05, 0) is 61.6 Å². The second-order valence-electron chi connectivity index (χ2n) is 7.00. The number of benzene rings is 1. The molecule has 2 rings (SSSR count). The van der Waals surface area contributed by atoms with Crippen molar-refractivity contribution >= 4 is 0 Å². The molecule has 0 bridgehead atoms.